The lowest BCUT2D eigenvalue weighted by molar-refractivity contribution is 1.21. The van der Waals surface area contributed by atoms with E-state index < -0.39 is 0 Å². The SMILES string of the molecule is O=c1[nH]c2ccccc2nc1-c1ccc(-c2nc3ccccc3[nH]c2=O)cc1. The summed E-state index contributed by atoms with van der Waals surface area (Å²) >= 11 is 0. The Hall–Kier alpha value is -4.06. The van der Waals surface area contributed by atoms with Gasteiger partial charge in [-0.2, -0.15) is 0 Å². The highest BCUT2D eigenvalue weighted by Crippen LogP contribution is 2.21. The number of aromatic nitrogens is 4. The third kappa shape index (κ3) is 2.68. The lowest BCUT2D eigenvalue weighted by Gasteiger charge is -2.05. The molecule has 0 fully saturated rings. The van der Waals surface area contributed by atoms with Crippen LogP contribution >= 0.6 is 0 Å². The first kappa shape index (κ1) is 16.1. The summed E-state index contributed by atoms with van der Waals surface area (Å²) in [6.45, 7) is 0. The zero-order valence-corrected chi connectivity index (χ0v) is 14.6. The molecule has 6 nitrogen and oxygen atoms in total. The molecule has 2 N–H and O–H groups in total. The Morgan fingerprint density at radius 2 is 0.929 bits per heavy atom. The number of nitrogens with one attached hydrogen (secondary N) is 2. The topological polar surface area (TPSA) is 91.5 Å². The molecule has 0 radical (unpaired) electrons. The third-order valence-corrected chi connectivity index (χ3v) is 4.63. The maximum Gasteiger partial charge on any atom is 0.274 e. The molecule has 5 aromatic rings. The van der Waals surface area contributed by atoms with Crippen LogP contribution in [-0.4, -0.2) is 19.9 Å². The average Bonchev–Trinajstić information content (AvgIpc) is 2.73. The highest BCUT2D eigenvalue weighted by atomic mass is 16.1. The van der Waals surface area contributed by atoms with Crippen LogP contribution in [0.2, 0.25) is 0 Å². The quantitative estimate of drug-likeness (QED) is 0.500. The Labute approximate surface area is 158 Å². The maximum atomic E-state index is 12.4. The molecule has 2 heterocycles. The fourth-order valence-electron chi connectivity index (χ4n) is 3.24. The zero-order chi connectivity index (χ0) is 19.1. The van der Waals surface area contributed by atoms with E-state index in [0.717, 1.165) is 0 Å². The van der Waals surface area contributed by atoms with Crippen LogP contribution in [-0.2, 0) is 0 Å². The summed E-state index contributed by atoms with van der Waals surface area (Å²) in [4.78, 5) is 39.5. The van der Waals surface area contributed by atoms with E-state index in [-0.39, 0.29) is 11.1 Å². The first-order chi connectivity index (χ1) is 13.7. The van der Waals surface area contributed by atoms with Gasteiger partial charge in [0.2, 0.25) is 0 Å². The number of hydrogen-bond acceptors (Lipinski definition) is 4. The van der Waals surface area contributed by atoms with Gasteiger partial charge in [-0.05, 0) is 24.3 Å². The van der Waals surface area contributed by atoms with E-state index in [0.29, 0.717) is 44.6 Å². The molecule has 0 aliphatic rings. The molecule has 0 aliphatic heterocycles. The second-order valence-corrected chi connectivity index (χ2v) is 6.44. The minimum absolute atomic E-state index is 0.256. The normalized spacial score (nSPS) is 11.1. The number of fused-ring (bicyclic) bond motifs is 2. The largest absolute Gasteiger partial charge is 0.319 e. The minimum Gasteiger partial charge on any atom is -0.319 e. The van der Waals surface area contributed by atoms with Gasteiger partial charge < -0.3 is 9.97 Å². The van der Waals surface area contributed by atoms with Gasteiger partial charge in [0.1, 0.15) is 11.4 Å². The monoisotopic (exact) mass is 366 g/mol. The Morgan fingerprint density at radius 1 is 0.536 bits per heavy atom. The van der Waals surface area contributed by atoms with Crippen LogP contribution in [0.25, 0.3) is 44.6 Å². The van der Waals surface area contributed by atoms with Crippen molar-refractivity contribution < 1.29 is 0 Å². The number of para-hydroxylation sites is 4. The number of benzene rings is 3. The first-order valence-electron chi connectivity index (χ1n) is 8.78. The van der Waals surface area contributed by atoms with Gasteiger partial charge in [0, 0.05) is 11.1 Å². The molecule has 3 aromatic carbocycles. The highest BCUT2D eigenvalue weighted by Gasteiger charge is 2.10. The van der Waals surface area contributed by atoms with Crippen molar-refractivity contribution in [1.29, 1.82) is 0 Å². The number of rotatable bonds is 2. The van der Waals surface area contributed by atoms with Gasteiger partial charge >= 0.3 is 0 Å². The Morgan fingerprint density at radius 3 is 1.36 bits per heavy atom. The summed E-state index contributed by atoms with van der Waals surface area (Å²) in [6, 6.07) is 21.9. The van der Waals surface area contributed by atoms with Crippen molar-refractivity contribution in [1.82, 2.24) is 19.9 Å². The summed E-state index contributed by atoms with van der Waals surface area (Å²) in [7, 11) is 0. The minimum atomic E-state index is -0.256. The van der Waals surface area contributed by atoms with Crippen molar-refractivity contribution >= 4 is 22.1 Å². The van der Waals surface area contributed by atoms with E-state index in [1.165, 1.54) is 0 Å². The number of H-pyrrole nitrogens is 2. The van der Waals surface area contributed by atoms with Gasteiger partial charge in [-0.25, -0.2) is 9.97 Å². The van der Waals surface area contributed by atoms with Gasteiger partial charge in [-0.1, -0.05) is 48.5 Å². The molecule has 5 rings (SSSR count). The summed E-state index contributed by atoms with van der Waals surface area (Å²) in [5, 5.41) is 0. The molecule has 0 amide bonds. The summed E-state index contributed by atoms with van der Waals surface area (Å²) in [5.41, 5.74) is 4.33. The number of aromatic amines is 2. The number of hydrogen-bond donors (Lipinski definition) is 2. The molecular formula is C22H14N4O2. The molecule has 28 heavy (non-hydrogen) atoms. The molecule has 134 valence electrons. The Bertz CT molecular complexity index is 1340. The van der Waals surface area contributed by atoms with Crippen LogP contribution in [0.4, 0.5) is 0 Å². The van der Waals surface area contributed by atoms with Crippen LogP contribution in [0.3, 0.4) is 0 Å². The Kier molecular flexibility index (Phi) is 3.62. The highest BCUT2D eigenvalue weighted by molar-refractivity contribution is 5.79. The molecular weight excluding hydrogens is 352 g/mol. The van der Waals surface area contributed by atoms with Gasteiger partial charge in [-0.3, -0.25) is 9.59 Å². The molecule has 0 spiro atoms. The maximum absolute atomic E-state index is 12.4. The second-order valence-electron chi connectivity index (χ2n) is 6.44. The average molecular weight is 366 g/mol. The van der Waals surface area contributed by atoms with Gasteiger partial charge in [0.15, 0.2) is 0 Å². The lowest BCUT2D eigenvalue weighted by atomic mass is 10.1. The van der Waals surface area contributed by atoms with Crippen molar-refractivity contribution in [2.24, 2.45) is 0 Å². The van der Waals surface area contributed by atoms with E-state index in [2.05, 4.69) is 19.9 Å². The molecule has 0 saturated heterocycles. The predicted molar refractivity (Wildman–Crippen MR) is 109 cm³/mol. The van der Waals surface area contributed by atoms with Crippen LogP contribution in [0.15, 0.2) is 82.4 Å². The summed E-state index contributed by atoms with van der Waals surface area (Å²) in [5.74, 6) is 0. The standard InChI is InChI=1S/C22H14N4O2/c27-21-19(23-15-5-1-3-7-17(15)25-21)13-9-11-14(12-10-13)20-22(28)26-18-8-4-2-6-16(18)24-20/h1-12H,(H,25,27)(H,26,28). The van der Waals surface area contributed by atoms with Gasteiger partial charge in [0.25, 0.3) is 11.1 Å². The molecule has 0 atom stereocenters. The van der Waals surface area contributed by atoms with E-state index in [9.17, 15) is 9.59 Å². The molecule has 0 aliphatic carbocycles. The third-order valence-electron chi connectivity index (χ3n) is 4.63. The van der Waals surface area contributed by atoms with Crippen LogP contribution < -0.4 is 11.1 Å². The van der Waals surface area contributed by atoms with Crippen molar-refractivity contribution in [3.63, 3.8) is 0 Å². The molecule has 2 aromatic heterocycles. The zero-order valence-electron chi connectivity index (χ0n) is 14.6. The van der Waals surface area contributed by atoms with Crippen molar-refractivity contribution in [3.05, 3.63) is 93.5 Å². The van der Waals surface area contributed by atoms with Gasteiger partial charge in [-0.15, -0.1) is 0 Å². The smallest absolute Gasteiger partial charge is 0.274 e. The van der Waals surface area contributed by atoms with Crippen LogP contribution in [0.5, 0.6) is 0 Å². The van der Waals surface area contributed by atoms with E-state index in [4.69, 9.17) is 0 Å². The fraction of sp³-hybridized carbons (Fsp3) is 0. The molecule has 6 heteroatoms. The second kappa shape index (κ2) is 6.28. The lowest BCUT2D eigenvalue weighted by Crippen LogP contribution is -2.12. The van der Waals surface area contributed by atoms with Gasteiger partial charge in [0.05, 0.1) is 22.1 Å². The van der Waals surface area contributed by atoms with Crippen LogP contribution in [0, 0.1) is 0 Å². The Balaban J connectivity index is 1.60. The predicted octanol–water partition coefficient (Wildman–Crippen LogP) is 3.49. The van der Waals surface area contributed by atoms with Crippen molar-refractivity contribution in [2.75, 3.05) is 0 Å². The molecule has 0 bridgehead atoms. The van der Waals surface area contributed by atoms with Crippen LogP contribution in [0.1, 0.15) is 0 Å². The molecule has 0 saturated carbocycles. The van der Waals surface area contributed by atoms with Crippen molar-refractivity contribution in [3.8, 4) is 22.5 Å². The van der Waals surface area contributed by atoms with E-state index in [1.807, 2.05) is 48.5 Å². The first-order valence-corrected chi connectivity index (χ1v) is 8.78. The van der Waals surface area contributed by atoms with E-state index >= 15 is 0 Å². The van der Waals surface area contributed by atoms with E-state index in [1.54, 1.807) is 24.3 Å². The molecule has 0 unspecified atom stereocenters. The van der Waals surface area contributed by atoms with Crippen molar-refractivity contribution in [2.45, 2.75) is 0 Å². The fourth-order valence-corrected chi connectivity index (χ4v) is 3.24. The summed E-state index contributed by atoms with van der Waals surface area (Å²) < 4.78 is 0. The number of nitrogens with zero attached hydrogens (tertiary/aromatic N) is 2. The summed E-state index contributed by atoms with van der Waals surface area (Å²) in [6.07, 6.45) is 0.